The van der Waals surface area contributed by atoms with Crippen molar-refractivity contribution in [3.63, 3.8) is 0 Å². The summed E-state index contributed by atoms with van der Waals surface area (Å²) in [6.07, 6.45) is 1.70. The van der Waals surface area contributed by atoms with E-state index in [-0.39, 0.29) is 5.78 Å². The van der Waals surface area contributed by atoms with Gasteiger partial charge in [-0.25, -0.2) is 4.37 Å². The van der Waals surface area contributed by atoms with Crippen LogP contribution in [-0.2, 0) is 0 Å². The van der Waals surface area contributed by atoms with Gasteiger partial charge in [-0.1, -0.05) is 6.58 Å². The predicted molar refractivity (Wildman–Crippen MR) is 46.0 cm³/mol. The molecule has 0 radical (unpaired) electrons. The van der Waals surface area contributed by atoms with Crippen molar-refractivity contribution >= 4 is 17.3 Å². The van der Waals surface area contributed by atoms with Crippen molar-refractivity contribution in [3.05, 3.63) is 28.8 Å². The molecule has 11 heavy (non-hydrogen) atoms. The Morgan fingerprint density at radius 1 is 1.73 bits per heavy atom. The minimum atomic E-state index is 0.00463. The Kier molecular flexibility index (Phi) is 2.19. The fraction of sp³-hybridized carbons (Fsp3) is 0.250. The highest BCUT2D eigenvalue weighted by atomic mass is 32.1. The Morgan fingerprint density at radius 3 is 2.73 bits per heavy atom. The average Bonchev–Trinajstić information content (AvgIpc) is 2.33. The number of carbonyl (C=O) groups is 1. The number of aryl methyl sites for hydroxylation is 1. The Labute approximate surface area is 69.7 Å². The number of Topliss-reactive ketones (excluding diaryl/α,β-unsaturated/α-hetero) is 1. The summed E-state index contributed by atoms with van der Waals surface area (Å²) in [5.41, 5.74) is 1.50. The van der Waals surface area contributed by atoms with E-state index in [9.17, 15) is 4.79 Å². The molecule has 1 heterocycles. The summed E-state index contributed by atoms with van der Waals surface area (Å²) in [5, 5.41) is 0. The van der Waals surface area contributed by atoms with Crippen molar-refractivity contribution in [2.24, 2.45) is 0 Å². The summed E-state index contributed by atoms with van der Waals surface area (Å²) in [7, 11) is 0. The minimum absolute atomic E-state index is 0.00463. The van der Waals surface area contributed by atoms with Crippen LogP contribution in [0.4, 0.5) is 0 Å². The number of hydrogen-bond donors (Lipinski definition) is 0. The van der Waals surface area contributed by atoms with Gasteiger partial charge < -0.3 is 0 Å². The van der Waals surface area contributed by atoms with Gasteiger partial charge in [0.2, 0.25) is 0 Å². The van der Waals surface area contributed by atoms with Crippen molar-refractivity contribution in [3.8, 4) is 0 Å². The molecule has 0 amide bonds. The molecule has 0 bridgehead atoms. The average molecular weight is 167 g/mol. The number of carbonyl (C=O) groups excluding carboxylic acids is 1. The molecule has 2 nitrogen and oxygen atoms in total. The van der Waals surface area contributed by atoms with Crippen LogP contribution in [0.3, 0.4) is 0 Å². The minimum Gasteiger partial charge on any atom is -0.288 e. The largest absolute Gasteiger partial charge is 0.288 e. The van der Waals surface area contributed by atoms with Gasteiger partial charge in [0.05, 0.1) is 4.88 Å². The molecule has 0 unspecified atom stereocenters. The van der Waals surface area contributed by atoms with Crippen LogP contribution in [0.1, 0.15) is 22.2 Å². The molecule has 0 spiro atoms. The van der Waals surface area contributed by atoms with Crippen LogP contribution in [0.5, 0.6) is 0 Å². The summed E-state index contributed by atoms with van der Waals surface area (Å²) >= 11 is 1.23. The van der Waals surface area contributed by atoms with Crippen LogP contribution in [-0.4, -0.2) is 10.2 Å². The van der Waals surface area contributed by atoms with Crippen molar-refractivity contribution < 1.29 is 4.79 Å². The summed E-state index contributed by atoms with van der Waals surface area (Å²) in [6, 6.07) is 0. The standard InChI is InChI=1S/C8H9NOS/c1-5(2)7(10)8-6(3)4-9-11-8/h4H,1H2,2-3H3. The van der Waals surface area contributed by atoms with Crippen molar-refractivity contribution in [2.75, 3.05) is 0 Å². The van der Waals surface area contributed by atoms with Gasteiger partial charge in [-0.2, -0.15) is 0 Å². The van der Waals surface area contributed by atoms with Gasteiger partial charge in [-0.05, 0) is 36.5 Å². The second-order valence-electron chi connectivity index (χ2n) is 2.45. The molecule has 0 saturated heterocycles. The van der Waals surface area contributed by atoms with Gasteiger partial charge >= 0.3 is 0 Å². The molecule has 58 valence electrons. The number of aromatic nitrogens is 1. The lowest BCUT2D eigenvalue weighted by Gasteiger charge is -1.94. The van der Waals surface area contributed by atoms with Crippen molar-refractivity contribution in [1.82, 2.24) is 4.37 Å². The smallest absolute Gasteiger partial charge is 0.199 e. The molecule has 0 aliphatic heterocycles. The Morgan fingerprint density at radius 2 is 2.36 bits per heavy atom. The normalized spacial score (nSPS) is 9.64. The van der Waals surface area contributed by atoms with E-state index in [1.807, 2.05) is 6.92 Å². The Bertz CT molecular complexity index is 301. The number of rotatable bonds is 2. The maximum Gasteiger partial charge on any atom is 0.199 e. The maximum atomic E-state index is 11.3. The lowest BCUT2D eigenvalue weighted by atomic mass is 10.1. The zero-order valence-electron chi connectivity index (χ0n) is 6.55. The van der Waals surface area contributed by atoms with E-state index < -0.39 is 0 Å². The molecule has 0 atom stereocenters. The molecule has 3 heteroatoms. The molecular formula is C8H9NOS. The number of allylic oxidation sites excluding steroid dienone is 1. The molecule has 1 rings (SSSR count). The van der Waals surface area contributed by atoms with E-state index >= 15 is 0 Å². The second kappa shape index (κ2) is 2.96. The number of hydrogen-bond acceptors (Lipinski definition) is 3. The molecule has 0 saturated carbocycles. The van der Waals surface area contributed by atoms with Crippen LogP contribution >= 0.6 is 11.5 Å². The molecule has 1 aromatic rings. The highest BCUT2D eigenvalue weighted by molar-refractivity contribution is 7.08. The topological polar surface area (TPSA) is 30.0 Å². The second-order valence-corrected chi connectivity index (χ2v) is 3.25. The van der Waals surface area contributed by atoms with E-state index in [4.69, 9.17) is 0 Å². The van der Waals surface area contributed by atoms with Gasteiger partial charge in [0.25, 0.3) is 0 Å². The van der Waals surface area contributed by atoms with E-state index in [1.54, 1.807) is 13.1 Å². The zero-order valence-corrected chi connectivity index (χ0v) is 7.36. The van der Waals surface area contributed by atoms with Gasteiger partial charge in [-0.3, -0.25) is 4.79 Å². The number of nitrogens with zero attached hydrogens (tertiary/aromatic N) is 1. The highest BCUT2D eigenvalue weighted by Gasteiger charge is 2.11. The van der Waals surface area contributed by atoms with Crippen LogP contribution in [0.25, 0.3) is 0 Å². The van der Waals surface area contributed by atoms with Crippen LogP contribution < -0.4 is 0 Å². The molecule has 0 aliphatic rings. The maximum absolute atomic E-state index is 11.3. The van der Waals surface area contributed by atoms with E-state index in [0.717, 1.165) is 5.56 Å². The first-order valence-electron chi connectivity index (χ1n) is 3.24. The number of ketones is 1. The SMILES string of the molecule is C=C(C)C(=O)c1sncc1C. The van der Waals surface area contributed by atoms with E-state index in [0.29, 0.717) is 10.5 Å². The summed E-state index contributed by atoms with van der Waals surface area (Å²) in [5.74, 6) is 0.00463. The Hall–Kier alpha value is -0.960. The molecule has 0 aliphatic carbocycles. The van der Waals surface area contributed by atoms with Crippen LogP contribution in [0, 0.1) is 6.92 Å². The fourth-order valence-corrected chi connectivity index (χ4v) is 1.47. The van der Waals surface area contributed by atoms with Gasteiger partial charge in [0, 0.05) is 6.20 Å². The van der Waals surface area contributed by atoms with E-state index in [1.165, 1.54) is 11.5 Å². The van der Waals surface area contributed by atoms with E-state index in [2.05, 4.69) is 11.0 Å². The fourth-order valence-electron chi connectivity index (χ4n) is 0.703. The van der Waals surface area contributed by atoms with Gasteiger partial charge in [-0.15, -0.1) is 0 Å². The molecule has 0 aromatic carbocycles. The third-order valence-corrected chi connectivity index (χ3v) is 2.24. The third-order valence-electron chi connectivity index (χ3n) is 1.34. The first-order chi connectivity index (χ1) is 5.13. The van der Waals surface area contributed by atoms with Crippen LogP contribution in [0.2, 0.25) is 0 Å². The molecule has 0 N–H and O–H groups in total. The van der Waals surface area contributed by atoms with Gasteiger partial charge in [0.1, 0.15) is 0 Å². The van der Waals surface area contributed by atoms with Crippen molar-refractivity contribution in [1.29, 1.82) is 0 Å². The Balaban J connectivity index is 3.02. The lowest BCUT2D eigenvalue weighted by Crippen LogP contribution is -1.97. The first-order valence-corrected chi connectivity index (χ1v) is 4.01. The van der Waals surface area contributed by atoms with Crippen LogP contribution in [0.15, 0.2) is 18.3 Å². The summed E-state index contributed by atoms with van der Waals surface area (Å²) in [4.78, 5) is 12.0. The van der Waals surface area contributed by atoms with Crippen molar-refractivity contribution in [2.45, 2.75) is 13.8 Å². The van der Waals surface area contributed by atoms with Gasteiger partial charge in [0.15, 0.2) is 5.78 Å². The summed E-state index contributed by atoms with van der Waals surface area (Å²) < 4.78 is 3.90. The summed E-state index contributed by atoms with van der Waals surface area (Å²) in [6.45, 7) is 7.17. The lowest BCUT2D eigenvalue weighted by molar-refractivity contribution is 0.103. The zero-order chi connectivity index (χ0) is 8.43. The third kappa shape index (κ3) is 1.54. The first kappa shape index (κ1) is 8.14. The molecule has 0 fully saturated rings. The quantitative estimate of drug-likeness (QED) is 0.499. The molecule has 1 aromatic heterocycles. The predicted octanol–water partition coefficient (Wildman–Crippen LogP) is 2.21. The highest BCUT2D eigenvalue weighted by Crippen LogP contribution is 2.15. The monoisotopic (exact) mass is 167 g/mol. The molecular weight excluding hydrogens is 158 g/mol.